The molecule has 1 unspecified atom stereocenters. The quantitative estimate of drug-likeness (QED) is 0.510. The topological polar surface area (TPSA) is 0 Å². The van der Waals surface area contributed by atoms with Crippen molar-refractivity contribution in [1.29, 1.82) is 0 Å². The van der Waals surface area contributed by atoms with Gasteiger partial charge in [-0.15, -0.1) is 11.6 Å². The van der Waals surface area contributed by atoms with E-state index >= 15 is 0 Å². The second-order valence-corrected chi connectivity index (χ2v) is 5.64. The van der Waals surface area contributed by atoms with Crippen LogP contribution in [0.4, 0.5) is 0 Å². The number of hydrogen-bond donors (Lipinski definition) is 0. The van der Waals surface area contributed by atoms with Gasteiger partial charge in [-0.05, 0) is 49.7 Å². The van der Waals surface area contributed by atoms with E-state index < -0.39 is 0 Å². The minimum atomic E-state index is 0.636. The zero-order chi connectivity index (χ0) is 11.8. The lowest BCUT2D eigenvalue weighted by atomic mass is 9.96. The van der Waals surface area contributed by atoms with Crippen LogP contribution in [0.3, 0.4) is 0 Å². The Morgan fingerprint density at radius 3 is 2.50 bits per heavy atom. The Labute approximate surface area is 109 Å². The number of benzene rings is 1. The van der Waals surface area contributed by atoms with Crippen molar-refractivity contribution in [2.75, 3.05) is 17.9 Å². The van der Waals surface area contributed by atoms with Crippen molar-refractivity contribution < 1.29 is 0 Å². The normalized spacial score (nSPS) is 12.7. The molecule has 1 rings (SSSR count). The first-order chi connectivity index (χ1) is 7.76. The molecule has 90 valence electrons. The summed E-state index contributed by atoms with van der Waals surface area (Å²) in [6.07, 6.45) is 5.82. The van der Waals surface area contributed by atoms with Crippen LogP contribution in [0.15, 0.2) is 24.3 Å². The molecule has 0 saturated heterocycles. The van der Waals surface area contributed by atoms with Crippen LogP contribution >= 0.6 is 23.4 Å². The van der Waals surface area contributed by atoms with Crippen LogP contribution in [-0.4, -0.2) is 17.9 Å². The molecule has 0 N–H and O–H groups in total. The highest BCUT2D eigenvalue weighted by Gasteiger charge is 2.08. The van der Waals surface area contributed by atoms with Crippen LogP contribution in [0.1, 0.15) is 24.0 Å². The Balaban J connectivity index is 2.40. The van der Waals surface area contributed by atoms with Crippen molar-refractivity contribution in [3.63, 3.8) is 0 Å². The first-order valence-corrected chi connectivity index (χ1v) is 7.79. The first kappa shape index (κ1) is 13.9. The molecule has 0 aliphatic rings. The lowest BCUT2D eigenvalue weighted by Crippen LogP contribution is -2.07. The van der Waals surface area contributed by atoms with Crippen LogP contribution in [0.2, 0.25) is 0 Å². The van der Waals surface area contributed by atoms with E-state index in [4.69, 9.17) is 11.6 Å². The van der Waals surface area contributed by atoms with Crippen molar-refractivity contribution in [3.8, 4) is 0 Å². The summed E-state index contributed by atoms with van der Waals surface area (Å²) >= 11 is 7.94. The highest BCUT2D eigenvalue weighted by atomic mass is 35.5. The summed E-state index contributed by atoms with van der Waals surface area (Å²) in [5.74, 6) is 2.67. The summed E-state index contributed by atoms with van der Waals surface area (Å²) in [6.45, 7) is 2.13. The van der Waals surface area contributed by atoms with Gasteiger partial charge < -0.3 is 0 Å². The van der Waals surface area contributed by atoms with Gasteiger partial charge in [0.25, 0.3) is 0 Å². The van der Waals surface area contributed by atoms with Gasteiger partial charge in [-0.2, -0.15) is 11.8 Å². The maximum Gasteiger partial charge on any atom is 0.0254 e. The minimum Gasteiger partial charge on any atom is -0.165 e. The first-order valence-electron chi connectivity index (χ1n) is 5.86. The van der Waals surface area contributed by atoms with Gasteiger partial charge in [0, 0.05) is 5.88 Å². The molecule has 1 aromatic carbocycles. The molecule has 0 radical (unpaired) electrons. The number of alkyl halides is 1. The van der Waals surface area contributed by atoms with Gasteiger partial charge in [0.2, 0.25) is 0 Å². The van der Waals surface area contributed by atoms with Gasteiger partial charge >= 0.3 is 0 Å². The summed E-state index contributed by atoms with van der Waals surface area (Å²) in [5, 5.41) is 0. The Kier molecular flexibility index (Phi) is 6.98. The summed E-state index contributed by atoms with van der Waals surface area (Å²) < 4.78 is 0. The van der Waals surface area contributed by atoms with Gasteiger partial charge in [-0.1, -0.05) is 29.8 Å². The molecule has 1 aromatic rings. The van der Waals surface area contributed by atoms with Gasteiger partial charge in [-0.3, -0.25) is 0 Å². The number of hydrogen-bond acceptors (Lipinski definition) is 1. The zero-order valence-electron chi connectivity index (χ0n) is 10.2. The van der Waals surface area contributed by atoms with E-state index in [0.29, 0.717) is 5.92 Å². The standard InChI is InChI=1S/C14H21ClS/c1-12-5-7-13(8-6-12)10-14(11-15)4-3-9-16-2/h5-8,14H,3-4,9-11H2,1-2H3. The fourth-order valence-corrected chi connectivity index (χ4v) is 2.53. The van der Waals surface area contributed by atoms with E-state index in [1.807, 2.05) is 11.8 Å². The third-order valence-corrected chi connectivity index (χ3v) is 3.96. The second-order valence-electron chi connectivity index (χ2n) is 4.35. The van der Waals surface area contributed by atoms with Crippen molar-refractivity contribution in [3.05, 3.63) is 35.4 Å². The molecule has 0 aromatic heterocycles. The van der Waals surface area contributed by atoms with E-state index in [2.05, 4.69) is 37.4 Å². The molecule has 0 aliphatic carbocycles. The molecular formula is C14H21ClS. The monoisotopic (exact) mass is 256 g/mol. The van der Waals surface area contributed by atoms with Gasteiger partial charge in [0.15, 0.2) is 0 Å². The van der Waals surface area contributed by atoms with Crippen LogP contribution in [0.25, 0.3) is 0 Å². The predicted octanol–water partition coefficient (Wildman–Crippen LogP) is 4.54. The molecule has 0 aliphatic heterocycles. The van der Waals surface area contributed by atoms with E-state index in [-0.39, 0.29) is 0 Å². The average molecular weight is 257 g/mol. The SMILES string of the molecule is CSCCCC(CCl)Cc1ccc(C)cc1. The molecule has 2 heteroatoms. The average Bonchev–Trinajstić information content (AvgIpc) is 2.31. The highest BCUT2D eigenvalue weighted by Crippen LogP contribution is 2.17. The minimum absolute atomic E-state index is 0.636. The second kappa shape index (κ2) is 8.03. The molecule has 1 atom stereocenters. The molecule has 16 heavy (non-hydrogen) atoms. The fourth-order valence-electron chi connectivity index (χ4n) is 1.81. The third kappa shape index (κ3) is 5.27. The summed E-state index contributed by atoms with van der Waals surface area (Å²) in [7, 11) is 0. The summed E-state index contributed by atoms with van der Waals surface area (Å²) in [5.41, 5.74) is 2.74. The van der Waals surface area contributed by atoms with Crippen molar-refractivity contribution >= 4 is 23.4 Å². The van der Waals surface area contributed by atoms with Crippen molar-refractivity contribution in [2.24, 2.45) is 5.92 Å². The largest absolute Gasteiger partial charge is 0.165 e. The third-order valence-electron chi connectivity index (χ3n) is 2.82. The maximum atomic E-state index is 6.02. The number of halogens is 1. The summed E-state index contributed by atoms with van der Waals surface area (Å²) in [6, 6.07) is 8.82. The highest BCUT2D eigenvalue weighted by molar-refractivity contribution is 7.98. The van der Waals surface area contributed by atoms with E-state index in [1.54, 1.807) is 0 Å². The fraction of sp³-hybridized carbons (Fsp3) is 0.571. The van der Waals surface area contributed by atoms with Crippen LogP contribution in [0.5, 0.6) is 0 Å². The Bertz CT molecular complexity index is 281. The Morgan fingerprint density at radius 2 is 1.94 bits per heavy atom. The maximum absolute atomic E-state index is 6.02. The number of rotatable bonds is 7. The molecule has 0 bridgehead atoms. The lowest BCUT2D eigenvalue weighted by Gasteiger charge is -2.13. The lowest BCUT2D eigenvalue weighted by molar-refractivity contribution is 0.531. The Hall–Kier alpha value is -0.140. The number of thioether (sulfide) groups is 1. The molecule has 0 heterocycles. The van der Waals surface area contributed by atoms with Crippen LogP contribution in [-0.2, 0) is 6.42 Å². The molecule has 0 saturated carbocycles. The summed E-state index contributed by atoms with van der Waals surface area (Å²) in [4.78, 5) is 0. The Morgan fingerprint density at radius 1 is 1.25 bits per heavy atom. The predicted molar refractivity (Wildman–Crippen MR) is 76.7 cm³/mol. The molecule has 0 spiro atoms. The van der Waals surface area contributed by atoms with Gasteiger partial charge in [0.1, 0.15) is 0 Å². The van der Waals surface area contributed by atoms with E-state index in [1.165, 1.54) is 29.7 Å². The molecule has 0 fully saturated rings. The molecular weight excluding hydrogens is 236 g/mol. The van der Waals surface area contributed by atoms with Gasteiger partial charge in [-0.25, -0.2) is 0 Å². The number of aryl methyl sites for hydroxylation is 1. The van der Waals surface area contributed by atoms with Crippen molar-refractivity contribution in [1.82, 2.24) is 0 Å². The van der Waals surface area contributed by atoms with E-state index in [9.17, 15) is 0 Å². The van der Waals surface area contributed by atoms with E-state index in [0.717, 1.165) is 12.3 Å². The van der Waals surface area contributed by atoms with Gasteiger partial charge in [0.05, 0.1) is 0 Å². The van der Waals surface area contributed by atoms with Crippen molar-refractivity contribution in [2.45, 2.75) is 26.2 Å². The van der Waals surface area contributed by atoms with Crippen LogP contribution < -0.4 is 0 Å². The molecule has 0 amide bonds. The smallest absolute Gasteiger partial charge is 0.0254 e. The zero-order valence-corrected chi connectivity index (χ0v) is 11.8. The molecule has 0 nitrogen and oxygen atoms in total. The van der Waals surface area contributed by atoms with Crippen LogP contribution in [0, 0.1) is 12.8 Å².